The molecule has 1 atom stereocenters. The van der Waals surface area contributed by atoms with E-state index in [1.54, 1.807) is 0 Å². The average Bonchev–Trinajstić information content (AvgIpc) is 2.74. The second-order valence-electron chi connectivity index (χ2n) is 5.59. The van der Waals surface area contributed by atoms with E-state index in [0.29, 0.717) is 5.92 Å². The number of hydrogen-bond donors (Lipinski definition) is 0. The van der Waals surface area contributed by atoms with Gasteiger partial charge in [0.05, 0.1) is 5.56 Å². The average molecular weight is 325 g/mol. The third-order valence-electron chi connectivity index (χ3n) is 3.72. The van der Waals surface area contributed by atoms with E-state index in [1.165, 1.54) is 6.42 Å². The van der Waals surface area contributed by atoms with Gasteiger partial charge in [0, 0.05) is 24.6 Å². The van der Waals surface area contributed by atoms with Gasteiger partial charge in [0.15, 0.2) is 0 Å². The standard InChI is InChI=1S/C15H21BrN2O/c1-11-4-5-13(14(16)8-11)15(19)18(3)10-12-6-7-17(2)9-12/h4-5,8,12H,6-7,9-10H2,1-3H3. The molecule has 1 fully saturated rings. The summed E-state index contributed by atoms with van der Waals surface area (Å²) in [6, 6.07) is 5.87. The highest BCUT2D eigenvalue weighted by atomic mass is 79.9. The number of hydrogen-bond acceptors (Lipinski definition) is 2. The molecule has 1 aromatic carbocycles. The molecule has 1 unspecified atom stereocenters. The Balaban J connectivity index is 2.02. The predicted molar refractivity (Wildman–Crippen MR) is 81.4 cm³/mol. The van der Waals surface area contributed by atoms with E-state index >= 15 is 0 Å². The highest BCUT2D eigenvalue weighted by Gasteiger charge is 2.23. The number of carbonyl (C=O) groups excluding carboxylic acids is 1. The number of benzene rings is 1. The lowest BCUT2D eigenvalue weighted by Crippen LogP contribution is -2.33. The summed E-state index contributed by atoms with van der Waals surface area (Å²) < 4.78 is 0.882. The highest BCUT2D eigenvalue weighted by molar-refractivity contribution is 9.10. The van der Waals surface area contributed by atoms with Crippen molar-refractivity contribution in [2.45, 2.75) is 13.3 Å². The van der Waals surface area contributed by atoms with Gasteiger partial charge in [0.2, 0.25) is 0 Å². The molecule has 1 aliphatic heterocycles. The smallest absolute Gasteiger partial charge is 0.254 e. The molecule has 0 saturated carbocycles. The SMILES string of the molecule is Cc1ccc(C(=O)N(C)CC2CCN(C)C2)c(Br)c1. The van der Waals surface area contributed by atoms with E-state index < -0.39 is 0 Å². The van der Waals surface area contributed by atoms with Crippen LogP contribution in [0.2, 0.25) is 0 Å². The van der Waals surface area contributed by atoms with Crippen molar-refractivity contribution in [3.05, 3.63) is 33.8 Å². The van der Waals surface area contributed by atoms with Crippen molar-refractivity contribution in [1.82, 2.24) is 9.80 Å². The van der Waals surface area contributed by atoms with Gasteiger partial charge in [-0.2, -0.15) is 0 Å². The van der Waals surface area contributed by atoms with Crippen LogP contribution in [-0.4, -0.2) is 49.4 Å². The van der Waals surface area contributed by atoms with Crippen molar-refractivity contribution in [2.75, 3.05) is 33.7 Å². The van der Waals surface area contributed by atoms with Gasteiger partial charge >= 0.3 is 0 Å². The third-order valence-corrected chi connectivity index (χ3v) is 4.38. The van der Waals surface area contributed by atoms with E-state index in [4.69, 9.17) is 0 Å². The molecule has 19 heavy (non-hydrogen) atoms. The zero-order chi connectivity index (χ0) is 14.0. The number of carbonyl (C=O) groups is 1. The van der Waals surface area contributed by atoms with Crippen LogP contribution >= 0.6 is 15.9 Å². The zero-order valence-corrected chi connectivity index (χ0v) is 13.4. The van der Waals surface area contributed by atoms with Crippen LogP contribution in [0.15, 0.2) is 22.7 Å². The van der Waals surface area contributed by atoms with Crippen molar-refractivity contribution in [1.29, 1.82) is 0 Å². The van der Waals surface area contributed by atoms with E-state index in [-0.39, 0.29) is 5.91 Å². The fraction of sp³-hybridized carbons (Fsp3) is 0.533. The summed E-state index contributed by atoms with van der Waals surface area (Å²) in [6.07, 6.45) is 1.18. The molecule has 4 heteroatoms. The van der Waals surface area contributed by atoms with Crippen molar-refractivity contribution < 1.29 is 4.79 Å². The monoisotopic (exact) mass is 324 g/mol. The normalized spacial score (nSPS) is 19.7. The van der Waals surface area contributed by atoms with Gasteiger partial charge in [-0.15, -0.1) is 0 Å². The van der Waals surface area contributed by atoms with Crippen LogP contribution in [0, 0.1) is 12.8 Å². The Labute approximate surface area is 123 Å². The lowest BCUT2D eigenvalue weighted by atomic mass is 10.1. The molecule has 1 aromatic rings. The lowest BCUT2D eigenvalue weighted by Gasteiger charge is -2.22. The first-order valence-corrected chi connectivity index (χ1v) is 7.47. The molecule has 104 valence electrons. The molecule has 1 aliphatic rings. The summed E-state index contributed by atoms with van der Waals surface area (Å²) in [7, 11) is 4.03. The van der Waals surface area contributed by atoms with Gasteiger partial charge in [0.1, 0.15) is 0 Å². The minimum Gasteiger partial charge on any atom is -0.341 e. The molecule has 0 bridgehead atoms. The molecule has 0 spiro atoms. The largest absolute Gasteiger partial charge is 0.341 e. The number of aryl methyl sites for hydroxylation is 1. The Morgan fingerprint density at radius 3 is 2.84 bits per heavy atom. The number of likely N-dealkylation sites (tertiary alicyclic amines) is 1. The third kappa shape index (κ3) is 3.57. The van der Waals surface area contributed by atoms with Crippen LogP contribution in [0.3, 0.4) is 0 Å². The van der Waals surface area contributed by atoms with Crippen LogP contribution in [0.1, 0.15) is 22.3 Å². The Bertz CT molecular complexity index is 475. The van der Waals surface area contributed by atoms with Gasteiger partial charge in [-0.3, -0.25) is 4.79 Å². The minimum atomic E-state index is 0.0985. The van der Waals surface area contributed by atoms with Gasteiger partial charge < -0.3 is 9.80 Å². The summed E-state index contributed by atoms with van der Waals surface area (Å²) in [5.74, 6) is 0.699. The molecular formula is C15H21BrN2O. The minimum absolute atomic E-state index is 0.0985. The van der Waals surface area contributed by atoms with Crippen LogP contribution < -0.4 is 0 Å². The second-order valence-corrected chi connectivity index (χ2v) is 6.44. The zero-order valence-electron chi connectivity index (χ0n) is 11.8. The maximum atomic E-state index is 12.4. The molecular weight excluding hydrogens is 304 g/mol. The molecule has 0 N–H and O–H groups in total. The van der Waals surface area contributed by atoms with E-state index in [0.717, 1.165) is 35.2 Å². The first-order chi connectivity index (χ1) is 8.97. The maximum Gasteiger partial charge on any atom is 0.254 e. The number of rotatable bonds is 3. The maximum absolute atomic E-state index is 12.4. The van der Waals surface area contributed by atoms with Gasteiger partial charge in [-0.25, -0.2) is 0 Å². The summed E-state index contributed by atoms with van der Waals surface area (Å²) in [6.45, 7) is 5.09. The van der Waals surface area contributed by atoms with Crippen molar-refractivity contribution in [3.8, 4) is 0 Å². The van der Waals surface area contributed by atoms with Crippen LogP contribution in [0.25, 0.3) is 0 Å². The molecule has 1 heterocycles. The van der Waals surface area contributed by atoms with Crippen LogP contribution in [0.5, 0.6) is 0 Å². The highest BCUT2D eigenvalue weighted by Crippen LogP contribution is 2.21. The lowest BCUT2D eigenvalue weighted by molar-refractivity contribution is 0.0773. The first-order valence-electron chi connectivity index (χ1n) is 6.67. The van der Waals surface area contributed by atoms with E-state index in [9.17, 15) is 4.79 Å². The molecule has 3 nitrogen and oxygen atoms in total. The molecule has 1 amide bonds. The fourth-order valence-electron chi connectivity index (χ4n) is 2.64. The summed E-state index contributed by atoms with van der Waals surface area (Å²) in [5.41, 5.74) is 1.91. The van der Waals surface area contributed by atoms with Gasteiger partial charge in [0.25, 0.3) is 5.91 Å². The topological polar surface area (TPSA) is 23.6 Å². The molecule has 0 aromatic heterocycles. The number of amides is 1. The molecule has 0 radical (unpaired) electrons. The first kappa shape index (κ1) is 14.5. The van der Waals surface area contributed by atoms with E-state index in [1.807, 2.05) is 37.1 Å². The number of nitrogens with zero attached hydrogens (tertiary/aromatic N) is 2. The Hall–Kier alpha value is -0.870. The van der Waals surface area contributed by atoms with Crippen molar-refractivity contribution >= 4 is 21.8 Å². The van der Waals surface area contributed by atoms with Crippen LogP contribution in [0.4, 0.5) is 0 Å². The molecule has 2 rings (SSSR count). The van der Waals surface area contributed by atoms with E-state index in [2.05, 4.69) is 27.9 Å². The summed E-state index contributed by atoms with van der Waals surface area (Å²) >= 11 is 3.48. The van der Waals surface area contributed by atoms with Gasteiger partial charge in [-0.05, 0) is 66.5 Å². The van der Waals surface area contributed by atoms with Crippen molar-refractivity contribution in [3.63, 3.8) is 0 Å². The Morgan fingerprint density at radius 1 is 1.53 bits per heavy atom. The van der Waals surface area contributed by atoms with Crippen molar-refractivity contribution in [2.24, 2.45) is 5.92 Å². The Morgan fingerprint density at radius 2 is 2.26 bits per heavy atom. The summed E-state index contributed by atoms with van der Waals surface area (Å²) in [4.78, 5) is 16.6. The van der Waals surface area contributed by atoms with Gasteiger partial charge in [-0.1, -0.05) is 6.07 Å². The summed E-state index contributed by atoms with van der Waals surface area (Å²) in [5, 5.41) is 0. The second kappa shape index (κ2) is 6.06. The molecule has 1 saturated heterocycles. The Kier molecular flexibility index (Phi) is 4.63. The fourth-order valence-corrected chi connectivity index (χ4v) is 3.31. The number of halogens is 1. The predicted octanol–water partition coefficient (Wildman–Crippen LogP) is 2.78. The van der Waals surface area contributed by atoms with Crippen LogP contribution in [-0.2, 0) is 0 Å². The quantitative estimate of drug-likeness (QED) is 0.853. The molecule has 0 aliphatic carbocycles.